The third-order valence-corrected chi connectivity index (χ3v) is 5.48. The minimum absolute atomic E-state index is 0.237. The fourth-order valence-electron chi connectivity index (χ4n) is 2.39. The highest BCUT2D eigenvalue weighted by Crippen LogP contribution is 2.30. The third-order valence-electron chi connectivity index (χ3n) is 3.59. The summed E-state index contributed by atoms with van der Waals surface area (Å²) in [6.07, 6.45) is 0.928. The van der Waals surface area contributed by atoms with Crippen LogP contribution in [0.15, 0.2) is 46.9 Å². The summed E-state index contributed by atoms with van der Waals surface area (Å²) in [4.78, 5) is 4.77. The van der Waals surface area contributed by atoms with Gasteiger partial charge >= 0.3 is 0 Å². The summed E-state index contributed by atoms with van der Waals surface area (Å²) in [5.41, 5.74) is 3.66. The molecule has 0 radical (unpaired) electrons. The van der Waals surface area contributed by atoms with Crippen LogP contribution in [-0.4, -0.2) is 12.0 Å². The summed E-state index contributed by atoms with van der Waals surface area (Å²) in [6.45, 7) is 2.11. The maximum Gasteiger partial charge on any atom is 0.111 e. The summed E-state index contributed by atoms with van der Waals surface area (Å²) >= 11 is 5.44. The van der Waals surface area contributed by atoms with Gasteiger partial charge in [0.05, 0.1) is 16.3 Å². The lowest BCUT2D eigenvalue weighted by molar-refractivity contribution is 0.588. The molecule has 3 aromatic rings. The van der Waals surface area contributed by atoms with Gasteiger partial charge in [-0.2, -0.15) is 0 Å². The topological polar surface area (TPSA) is 24.9 Å². The Kier molecular flexibility index (Phi) is 4.38. The second-order valence-corrected chi connectivity index (χ2v) is 7.08. The number of fused-ring (bicyclic) bond motifs is 1. The molecule has 0 aliphatic rings. The molecule has 2 aromatic carbocycles. The maximum absolute atomic E-state index is 4.77. The number of hydrogen-bond donors (Lipinski definition) is 1. The van der Waals surface area contributed by atoms with Gasteiger partial charge in [-0.25, -0.2) is 4.98 Å². The Balaban J connectivity index is 1.90. The van der Waals surface area contributed by atoms with Crippen LogP contribution in [0.5, 0.6) is 0 Å². The molecule has 0 aliphatic heterocycles. The van der Waals surface area contributed by atoms with Gasteiger partial charge in [-0.15, -0.1) is 11.3 Å². The van der Waals surface area contributed by atoms with Gasteiger partial charge in [0.1, 0.15) is 5.01 Å². The Bertz CT molecular complexity index is 733. The molecule has 1 heterocycles. The van der Waals surface area contributed by atoms with E-state index in [0.717, 1.165) is 16.9 Å². The summed E-state index contributed by atoms with van der Waals surface area (Å²) < 4.78 is 2.42. The van der Waals surface area contributed by atoms with Crippen LogP contribution in [0.4, 0.5) is 0 Å². The van der Waals surface area contributed by atoms with Crippen molar-refractivity contribution in [2.75, 3.05) is 7.05 Å². The molecule has 108 valence electrons. The monoisotopic (exact) mass is 360 g/mol. The van der Waals surface area contributed by atoms with Gasteiger partial charge in [0, 0.05) is 4.47 Å². The molecule has 0 spiro atoms. The maximum atomic E-state index is 4.77. The van der Waals surface area contributed by atoms with E-state index in [1.807, 2.05) is 13.1 Å². The Hall–Kier alpha value is -1.23. The molecule has 1 atom stereocenters. The van der Waals surface area contributed by atoms with Crippen molar-refractivity contribution in [2.45, 2.75) is 19.4 Å². The van der Waals surface area contributed by atoms with E-state index < -0.39 is 0 Å². The minimum atomic E-state index is 0.237. The van der Waals surface area contributed by atoms with Gasteiger partial charge < -0.3 is 5.32 Å². The molecule has 0 fully saturated rings. The van der Waals surface area contributed by atoms with Crippen LogP contribution in [0.2, 0.25) is 0 Å². The third kappa shape index (κ3) is 3.18. The van der Waals surface area contributed by atoms with Crippen LogP contribution in [-0.2, 0) is 6.42 Å². The fraction of sp³-hybridized carbons (Fsp3) is 0.235. The van der Waals surface area contributed by atoms with E-state index in [-0.39, 0.29) is 6.04 Å². The van der Waals surface area contributed by atoms with Crippen molar-refractivity contribution in [1.29, 1.82) is 0 Å². The van der Waals surface area contributed by atoms with Crippen LogP contribution in [0, 0.1) is 6.92 Å². The average molecular weight is 361 g/mol. The highest BCUT2D eigenvalue weighted by molar-refractivity contribution is 9.10. The van der Waals surface area contributed by atoms with Crippen molar-refractivity contribution >= 4 is 37.5 Å². The molecule has 0 aliphatic carbocycles. The lowest BCUT2D eigenvalue weighted by atomic mass is 10.0. The zero-order valence-corrected chi connectivity index (χ0v) is 14.5. The number of para-hydroxylation sites is 1. The molecule has 1 N–H and O–H groups in total. The predicted octanol–water partition coefficient (Wildman–Crippen LogP) is 4.87. The van der Waals surface area contributed by atoms with Crippen molar-refractivity contribution < 1.29 is 0 Å². The summed E-state index contributed by atoms with van der Waals surface area (Å²) in [5, 5.41) is 4.54. The molecule has 3 rings (SSSR count). The fourth-order valence-corrected chi connectivity index (χ4v) is 4.12. The second-order valence-electron chi connectivity index (χ2n) is 5.16. The number of halogens is 1. The van der Waals surface area contributed by atoms with Crippen molar-refractivity contribution in [1.82, 2.24) is 10.3 Å². The lowest BCUT2D eigenvalue weighted by Gasteiger charge is -2.14. The van der Waals surface area contributed by atoms with Crippen LogP contribution < -0.4 is 5.32 Å². The van der Waals surface area contributed by atoms with Crippen molar-refractivity contribution in [3.8, 4) is 0 Å². The number of benzene rings is 2. The Morgan fingerprint density at radius 2 is 2.05 bits per heavy atom. The first-order valence-electron chi connectivity index (χ1n) is 6.95. The molecule has 2 nitrogen and oxygen atoms in total. The van der Waals surface area contributed by atoms with E-state index in [0.29, 0.717) is 0 Å². The molecule has 0 amide bonds. The number of rotatable bonds is 4. The van der Waals surface area contributed by atoms with Gasteiger partial charge in [0.15, 0.2) is 0 Å². The highest BCUT2D eigenvalue weighted by Gasteiger charge is 2.16. The number of hydrogen-bond acceptors (Lipinski definition) is 3. The predicted molar refractivity (Wildman–Crippen MR) is 94.0 cm³/mol. The van der Waals surface area contributed by atoms with Gasteiger partial charge in [0.2, 0.25) is 0 Å². The quantitative estimate of drug-likeness (QED) is 0.717. The summed E-state index contributed by atoms with van der Waals surface area (Å²) in [7, 11) is 2.00. The SMILES string of the molecule is CNC(Cc1ccc(C)cc1Br)c1nc2ccccc2s1. The summed E-state index contributed by atoms with van der Waals surface area (Å²) in [5.74, 6) is 0. The first-order chi connectivity index (χ1) is 10.2. The van der Waals surface area contributed by atoms with Gasteiger partial charge in [-0.05, 0) is 49.7 Å². The first-order valence-corrected chi connectivity index (χ1v) is 8.56. The van der Waals surface area contributed by atoms with Crippen LogP contribution in [0.25, 0.3) is 10.2 Å². The smallest absolute Gasteiger partial charge is 0.111 e. The molecule has 21 heavy (non-hydrogen) atoms. The number of likely N-dealkylation sites (N-methyl/N-ethyl adjacent to an activating group) is 1. The van der Waals surface area contributed by atoms with E-state index in [4.69, 9.17) is 4.98 Å². The number of aromatic nitrogens is 1. The first kappa shape index (κ1) is 14.7. The molecular formula is C17H17BrN2S. The number of nitrogens with zero attached hydrogens (tertiary/aromatic N) is 1. The van der Waals surface area contributed by atoms with Crippen LogP contribution in [0.3, 0.4) is 0 Å². The number of aryl methyl sites for hydroxylation is 1. The Labute approximate surface area is 137 Å². The van der Waals surface area contributed by atoms with Crippen molar-refractivity contribution in [3.63, 3.8) is 0 Å². The highest BCUT2D eigenvalue weighted by atomic mass is 79.9. The van der Waals surface area contributed by atoms with Crippen LogP contribution >= 0.6 is 27.3 Å². The van der Waals surface area contributed by atoms with Gasteiger partial charge in [-0.3, -0.25) is 0 Å². The average Bonchev–Trinajstić information content (AvgIpc) is 2.90. The molecule has 1 aromatic heterocycles. The van der Waals surface area contributed by atoms with E-state index in [9.17, 15) is 0 Å². The van der Waals surface area contributed by atoms with E-state index in [2.05, 4.69) is 64.6 Å². The molecule has 0 bridgehead atoms. The zero-order chi connectivity index (χ0) is 14.8. The Morgan fingerprint density at radius 1 is 1.24 bits per heavy atom. The minimum Gasteiger partial charge on any atom is -0.311 e. The molecular weight excluding hydrogens is 344 g/mol. The molecule has 0 saturated carbocycles. The van der Waals surface area contributed by atoms with Crippen LogP contribution in [0.1, 0.15) is 22.2 Å². The summed E-state index contributed by atoms with van der Waals surface area (Å²) in [6, 6.07) is 15.1. The number of nitrogens with one attached hydrogen (secondary N) is 1. The molecule has 1 unspecified atom stereocenters. The molecule has 4 heteroatoms. The standard InChI is InChI=1S/C17H17BrN2S/c1-11-7-8-12(13(18)9-11)10-15(19-2)17-20-14-5-3-4-6-16(14)21-17/h3-9,15,19H,10H2,1-2H3. The van der Waals surface area contributed by atoms with Crippen molar-refractivity contribution in [3.05, 3.63) is 63.1 Å². The van der Waals surface area contributed by atoms with Gasteiger partial charge in [-0.1, -0.05) is 40.2 Å². The molecule has 0 saturated heterocycles. The lowest BCUT2D eigenvalue weighted by Crippen LogP contribution is -2.18. The zero-order valence-electron chi connectivity index (χ0n) is 12.1. The largest absolute Gasteiger partial charge is 0.311 e. The number of thiazole rings is 1. The van der Waals surface area contributed by atoms with Crippen molar-refractivity contribution in [2.24, 2.45) is 0 Å². The Morgan fingerprint density at radius 3 is 2.76 bits per heavy atom. The van der Waals surface area contributed by atoms with Gasteiger partial charge in [0.25, 0.3) is 0 Å². The second kappa shape index (κ2) is 6.26. The van der Waals surface area contributed by atoms with E-state index >= 15 is 0 Å². The van der Waals surface area contributed by atoms with E-state index in [1.165, 1.54) is 20.3 Å². The van der Waals surface area contributed by atoms with E-state index in [1.54, 1.807) is 11.3 Å². The normalized spacial score (nSPS) is 12.7.